The van der Waals surface area contributed by atoms with Gasteiger partial charge in [0.25, 0.3) is 0 Å². The topological polar surface area (TPSA) is 237 Å². The normalized spacial score (nSPS) is 14.2. The van der Waals surface area contributed by atoms with Crippen LogP contribution in [0.1, 0.15) is 370 Å². The Bertz CT molecular complexity index is 1830. The number of phosphoric acid groups is 2. The first-order chi connectivity index (χ1) is 44.6. The van der Waals surface area contributed by atoms with Gasteiger partial charge in [0.1, 0.15) is 19.3 Å². The Hall–Kier alpha value is -1.94. The Kier molecular flexibility index (Phi) is 62.2. The minimum absolute atomic E-state index is 0.103. The van der Waals surface area contributed by atoms with E-state index >= 15 is 0 Å². The van der Waals surface area contributed by atoms with Crippen molar-refractivity contribution >= 4 is 39.5 Å². The van der Waals surface area contributed by atoms with Crippen molar-refractivity contribution in [1.29, 1.82) is 0 Å². The Labute approximate surface area is 568 Å². The van der Waals surface area contributed by atoms with E-state index in [9.17, 15) is 43.2 Å². The fourth-order valence-electron chi connectivity index (χ4n) is 11.2. The van der Waals surface area contributed by atoms with Crippen LogP contribution in [0.5, 0.6) is 0 Å². The third kappa shape index (κ3) is 68.4. The van der Waals surface area contributed by atoms with Crippen LogP contribution in [-0.4, -0.2) is 96.7 Å². The lowest BCUT2D eigenvalue weighted by molar-refractivity contribution is -0.161. The highest BCUT2D eigenvalue weighted by Crippen LogP contribution is 2.45. The van der Waals surface area contributed by atoms with E-state index in [1.807, 2.05) is 0 Å². The maximum atomic E-state index is 13.1. The van der Waals surface area contributed by atoms with E-state index in [4.69, 9.17) is 37.0 Å². The highest BCUT2D eigenvalue weighted by molar-refractivity contribution is 7.47. The quantitative estimate of drug-likeness (QED) is 0.0222. The molecular formula is C74H144O17P2. The Morgan fingerprint density at radius 1 is 0.269 bits per heavy atom. The Balaban J connectivity index is 5.23. The monoisotopic (exact) mass is 1370 g/mol. The third-order valence-electron chi connectivity index (χ3n) is 17.1. The van der Waals surface area contributed by atoms with Gasteiger partial charge in [-0.25, -0.2) is 9.13 Å². The van der Waals surface area contributed by atoms with Crippen molar-refractivity contribution in [1.82, 2.24) is 0 Å². The van der Waals surface area contributed by atoms with Crippen LogP contribution in [0.15, 0.2) is 0 Å². The molecule has 0 heterocycles. The lowest BCUT2D eigenvalue weighted by atomic mass is 10.0. The molecule has 3 N–H and O–H groups in total. The molecule has 0 bridgehead atoms. The first-order valence-electron chi connectivity index (χ1n) is 38.2. The summed E-state index contributed by atoms with van der Waals surface area (Å²) in [7, 11) is -9.91. The van der Waals surface area contributed by atoms with Gasteiger partial charge in [-0.2, -0.15) is 0 Å². The smallest absolute Gasteiger partial charge is 0.462 e. The summed E-state index contributed by atoms with van der Waals surface area (Å²) in [6.45, 7) is 14.1. The number of carbonyl (C=O) groups is 4. The number of ether oxygens (including phenoxy) is 4. The van der Waals surface area contributed by atoms with Crippen molar-refractivity contribution in [2.75, 3.05) is 39.6 Å². The van der Waals surface area contributed by atoms with Gasteiger partial charge in [0, 0.05) is 25.7 Å². The maximum Gasteiger partial charge on any atom is 0.472 e. The minimum atomic E-state index is -4.96. The third-order valence-corrected chi connectivity index (χ3v) is 19.0. The predicted molar refractivity (Wildman–Crippen MR) is 377 cm³/mol. The molecule has 0 aromatic rings. The van der Waals surface area contributed by atoms with Crippen LogP contribution in [0.25, 0.3) is 0 Å². The second kappa shape index (κ2) is 63.5. The summed E-state index contributed by atoms with van der Waals surface area (Å²) in [6, 6.07) is 0. The first-order valence-corrected chi connectivity index (χ1v) is 41.2. The molecule has 19 heteroatoms. The van der Waals surface area contributed by atoms with Gasteiger partial charge in [0.2, 0.25) is 0 Å². The van der Waals surface area contributed by atoms with Crippen LogP contribution in [0, 0.1) is 23.7 Å². The lowest BCUT2D eigenvalue weighted by Crippen LogP contribution is -2.30. The van der Waals surface area contributed by atoms with Gasteiger partial charge in [-0.3, -0.25) is 37.3 Å². The molecule has 552 valence electrons. The second-order valence-corrected chi connectivity index (χ2v) is 31.5. The SMILES string of the molecule is CC(C)CCCCCCCCCCCCCCCCC(=O)O[C@H](COC(=O)CCCCCCCCCCCCCCCC(C)C)COP(=O)(O)OC[C@@H](O)COP(=O)(O)OC[C@@H](COC(=O)CCCCCCCCC(C)C)OC(=O)CCCCCCCCCCC(C)C. The van der Waals surface area contributed by atoms with Crippen LogP contribution in [0.2, 0.25) is 0 Å². The van der Waals surface area contributed by atoms with Gasteiger partial charge in [-0.1, -0.05) is 319 Å². The van der Waals surface area contributed by atoms with E-state index in [-0.39, 0.29) is 25.7 Å². The van der Waals surface area contributed by atoms with Gasteiger partial charge >= 0.3 is 39.5 Å². The van der Waals surface area contributed by atoms with Crippen LogP contribution in [-0.2, 0) is 65.4 Å². The molecule has 0 spiro atoms. The van der Waals surface area contributed by atoms with E-state index in [1.54, 1.807) is 0 Å². The van der Waals surface area contributed by atoms with E-state index in [0.29, 0.717) is 31.6 Å². The van der Waals surface area contributed by atoms with Crippen molar-refractivity contribution < 1.29 is 80.2 Å². The standard InChI is InChI=1S/C74H144O17P2/c1-64(2)50-42-34-26-20-16-12-9-10-14-19-23-30-40-48-56-73(78)90-69(60-84-71(76)54-46-38-29-22-18-15-11-13-17-21-27-35-43-51-65(3)4)62-88-92(80,81)86-58-68(75)59-87-93(82,83)89-63-70(61-85-72(77)55-47-39-33-32-37-45-53-67(7)8)91-74(79)57-49-41-31-25-24-28-36-44-52-66(5)6/h64-70,75H,9-63H2,1-8H3,(H,80,81)(H,82,83)/t68-,69-,70-/m1/s1. The van der Waals surface area contributed by atoms with E-state index < -0.39 is 97.5 Å². The summed E-state index contributed by atoms with van der Waals surface area (Å²) in [5.41, 5.74) is 0. The van der Waals surface area contributed by atoms with Gasteiger partial charge in [0.05, 0.1) is 26.4 Å². The first kappa shape index (κ1) is 91.1. The highest BCUT2D eigenvalue weighted by Gasteiger charge is 2.30. The molecule has 0 saturated heterocycles. The number of carbonyl (C=O) groups excluding carboxylic acids is 4. The van der Waals surface area contributed by atoms with Crippen LogP contribution < -0.4 is 0 Å². The zero-order valence-corrected chi connectivity index (χ0v) is 62.7. The molecule has 2 unspecified atom stereocenters. The molecule has 0 aliphatic rings. The molecule has 0 aliphatic heterocycles. The number of hydrogen-bond acceptors (Lipinski definition) is 15. The number of hydrogen-bond donors (Lipinski definition) is 3. The summed E-state index contributed by atoms with van der Waals surface area (Å²) in [6.07, 6.45) is 47.4. The van der Waals surface area contributed by atoms with Crippen molar-refractivity contribution in [3.63, 3.8) is 0 Å². The van der Waals surface area contributed by atoms with Crippen molar-refractivity contribution in [2.45, 2.75) is 388 Å². The number of esters is 4. The summed E-state index contributed by atoms with van der Waals surface area (Å²) in [5.74, 6) is 0.857. The Morgan fingerprint density at radius 3 is 0.667 bits per heavy atom. The van der Waals surface area contributed by atoms with Crippen molar-refractivity contribution in [3.8, 4) is 0 Å². The van der Waals surface area contributed by atoms with E-state index in [1.165, 1.54) is 167 Å². The molecule has 17 nitrogen and oxygen atoms in total. The van der Waals surface area contributed by atoms with Crippen molar-refractivity contribution in [2.24, 2.45) is 23.7 Å². The van der Waals surface area contributed by atoms with E-state index in [0.717, 1.165) is 114 Å². The van der Waals surface area contributed by atoms with E-state index in [2.05, 4.69) is 55.4 Å². The lowest BCUT2D eigenvalue weighted by Gasteiger charge is -2.21. The summed E-state index contributed by atoms with van der Waals surface area (Å²) in [5, 5.41) is 10.6. The molecule has 0 aromatic carbocycles. The molecule has 0 aromatic heterocycles. The molecule has 0 aliphatic carbocycles. The predicted octanol–water partition coefficient (Wildman–Crippen LogP) is 21.3. The zero-order valence-electron chi connectivity index (χ0n) is 60.9. The van der Waals surface area contributed by atoms with Crippen LogP contribution in [0.4, 0.5) is 0 Å². The largest absolute Gasteiger partial charge is 0.472 e. The molecule has 0 amide bonds. The highest BCUT2D eigenvalue weighted by atomic mass is 31.2. The number of unbranched alkanes of at least 4 members (excludes halogenated alkanes) is 37. The number of phosphoric ester groups is 2. The summed E-state index contributed by atoms with van der Waals surface area (Å²) in [4.78, 5) is 72.7. The maximum absolute atomic E-state index is 13.1. The molecule has 0 rings (SSSR count). The van der Waals surface area contributed by atoms with Crippen LogP contribution in [0.3, 0.4) is 0 Å². The van der Waals surface area contributed by atoms with Gasteiger partial charge in [-0.05, 0) is 49.4 Å². The molecule has 5 atom stereocenters. The number of rotatable bonds is 71. The average molecular weight is 1370 g/mol. The van der Waals surface area contributed by atoms with Gasteiger partial charge in [0.15, 0.2) is 12.2 Å². The van der Waals surface area contributed by atoms with Crippen LogP contribution >= 0.6 is 15.6 Å². The molecule has 0 saturated carbocycles. The second-order valence-electron chi connectivity index (χ2n) is 28.6. The fourth-order valence-corrected chi connectivity index (χ4v) is 12.8. The average Bonchev–Trinajstić information content (AvgIpc) is 3.05. The molecular weight excluding hydrogens is 1220 g/mol. The Morgan fingerprint density at radius 2 is 0.452 bits per heavy atom. The zero-order chi connectivity index (χ0) is 68.9. The minimum Gasteiger partial charge on any atom is -0.462 e. The summed E-state index contributed by atoms with van der Waals surface area (Å²) >= 11 is 0. The molecule has 0 radical (unpaired) electrons. The summed E-state index contributed by atoms with van der Waals surface area (Å²) < 4.78 is 68.4. The molecule has 0 fully saturated rings. The van der Waals surface area contributed by atoms with Crippen molar-refractivity contribution in [3.05, 3.63) is 0 Å². The number of aliphatic hydroxyl groups excluding tert-OH is 1. The molecule has 93 heavy (non-hydrogen) atoms. The van der Waals surface area contributed by atoms with Gasteiger partial charge < -0.3 is 33.8 Å². The number of aliphatic hydroxyl groups is 1. The van der Waals surface area contributed by atoms with Gasteiger partial charge in [-0.15, -0.1) is 0 Å². The fraction of sp³-hybridized carbons (Fsp3) is 0.946.